The minimum absolute atomic E-state index is 0.221. The molecule has 108 valence electrons. The van der Waals surface area contributed by atoms with Crippen molar-refractivity contribution < 1.29 is 0 Å². The van der Waals surface area contributed by atoms with E-state index in [2.05, 4.69) is 35.6 Å². The first kappa shape index (κ1) is 16.7. The largest absolute Gasteiger partial charge is 0.303 e. The van der Waals surface area contributed by atoms with Crippen LogP contribution in [0.2, 0.25) is 10.4 Å². The Labute approximate surface area is 126 Å². The van der Waals surface area contributed by atoms with Crippen molar-refractivity contribution in [2.24, 2.45) is 5.92 Å². The van der Waals surface area contributed by atoms with Crippen LogP contribution in [0.15, 0.2) is 0 Å². The molecule has 0 spiro atoms. The molecule has 19 heavy (non-hydrogen) atoms. The van der Waals surface area contributed by atoms with E-state index in [0.29, 0.717) is 5.15 Å². The molecule has 1 aromatic rings. The van der Waals surface area contributed by atoms with Crippen molar-refractivity contribution in [1.29, 1.82) is 0 Å². The lowest BCUT2D eigenvalue weighted by molar-refractivity contribution is 0.248. The Balaban J connectivity index is 2.65. The molecule has 0 N–H and O–H groups in total. The highest BCUT2D eigenvalue weighted by Crippen LogP contribution is 2.19. The van der Waals surface area contributed by atoms with E-state index in [4.69, 9.17) is 23.2 Å². The summed E-state index contributed by atoms with van der Waals surface area (Å²) in [7, 11) is 0. The Hall–Kier alpha value is -0.380. The van der Waals surface area contributed by atoms with E-state index >= 15 is 0 Å². The summed E-state index contributed by atoms with van der Waals surface area (Å²) in [5.41, 5.74) is 1.89. The summed E-state index contributed by atoms with van der Waals surface area (Å²) in [4.78, 5) is 10.6. The van der Waals surface area contributed by atoms with E-state index in [0.717, 1.165) is 43.2 Å². The van der Waals surface area contributed by atoms with Gasteiger partial charge in [0.15, 0.2) is 0 Å². The fourth-order valence-electron chi connectivity index (χ4n) is 2.03. The lowest BCUT2D eigenvalue weighted by Gasteiger charge is -2.24. The standard InChI is InChI=1S/C14H23Cl2N3/c1-5-10(3)9-19(6-2)8-7-12-11(4)17-14(16)18-13(12)15/h10H,5-9H2,1-4H3. The number of rotatable bonds is 7. The molecular weight excluding hydrogens is 281 g/mol. The van der Waals surface area contributed by atoms with Crippen molar-refractivity contribution in [3.05, 3.63) is 21.7 Å². The number of likely N-dealkylation sites (N-methyl/N-ethyl adjacent to an activating group) is 1. The Morgan fingerprint density at radius 1 is 1.21 bits per heavy atom. The molecule has 0 aliphatic rings. The third kappa shape index (κ3) is 5.25. The van der Waals surface area contributed by atoms with Gasteiger partial charge >= 0.3 is 0 Å². The van der Waals surface area contributed by atoms with Crippen LogP contribution in [-0.4, -0.2) is 34.5 Å². The summed E-state index contributed by atoms with van der Waals surface area (Å²) in [6.45, 7) is 11.8. The van der Waals surface area contributed by atoms with Crippen molar-refractivity contribution in [2.75, 3.05) is 19.6 Å². The van der Waals surface area contributed by atoms with Gasteiger partial charge in [-0.15, -0.1) is 0 Å². The van der Waals surface area contributed by atoms with Gasteiger partial charge in [0.1, 0.15) is 5.15 Å². The average Bonchev–Trinajstić information content (AvgIpc) is 2.35. The normalized spacial score (nSPS) is 13.0. The number of nitrogens with zero attached hydrogens (tertiary/aromatic N) is 3. The van der Waals surface area contributed by atoms with Crippen LogP contribution in [0, 0.1) is 12.8 Å². The maximum absolute atomic E-state index is 6.14. The fourth-order valence-corrected chi connectivity index (χ4v) is 2.60. The highest BCUT2D eigenvalue weighted by atomic mass is 35.5. The minimum Gasteiger partial charge on any atom is -0.303 e. The Kier molecular flexibility index (Phi) is 7.05. The molecule has 0 saturated carbocycles. The highest BCUT2D eigenvalue weighted by molar-refractivity contribution is 6.32. The van der Waals surface area contributed by atoms with Gasteiger partial charge in [0.25, 0.3) is 0 Å². The van der Waals surface area contributed by atoms with E-state index in [1.807, 2.05) is 6.92 Å². The lowest BCUT2D eigenvalue weighted by atomic mass is 10.1. The smallest absolute Gasteiger partial charge is 0.224 e. The molecule has 3 nitrogen and oxygen atoms in total. The first-order valence-corrected chi connectivity index (χ1v) is 7.64. The maximum atomic E-state index is 6.14. The third-order valence-electron chi connectivity index (χ3n) is 3.53. The fraction of sp³-hybridized carbons (Fsp3) is 0.714. The summed E-state index contributed by atoms with van der Waals surface area (Å²) in [5.74, 6) is 0.720. The summed E-state index contributed by atoms with van der Waals surface area (Å²) >= 11 is 11.9. The number of hydrogen-bond acceptors (Lipinski definition) is 3. The van der Waals surface area contributed by atoms with E-state index in [1.54, 1.807) is 0 Å². The van der Waals surface area contributed by atoms with Crippen LogP contribution in [0.25, 0.3) is 0 Å². The molecular formula is C14H23Cl2N3. The van der Waals surface area contributed by atoms with Crippen molar-refractivity contribution in [1.82, 2.24) is 14.9 Å². The van der Waals surface area contributed by atoms with Crippen LogP contribution >= 0.6 is 23.2 Å². The first-order chi connectivity index (χ1) is 8.97. The Morgan fingerprint density at radius 3 is 2.42 bits per heavy atom. The molecule has 0 radical (unpaired) electrons. The van der Waals surface area contributed by atoms with Crippen molar-refractivity contribution in [3.8, 4) is 0 Å². The van der Waals surface area contributed by atoms with E-state index < -0.39 is 0 Å². The molecule has 1 atom stereocenters. The zero-order chi connectivity index (χ0) is 14.4. The summed E-state index contributed by atoms with van der Waals surface area (Å²) < 4.78 is 0. The molecule has 0 aliphatic carbocycles. The first-order valence-electron chi connectivity index (χ1n) is 6.88. The van der Waals surface area contributed by atoms with Crippen LogP contribution in [-0.2, 0) is 6.42 Å². The molecule has 0 fully saturated rings. The lowest BCUT2D eigenvalue weighted by Crippen LogP contribution is -2.30. The molecule has 1 rings (SSSR count). The van der Waals surface area contributed by atoms with Gasteiger partial charge in [0.2, 0.25) is 5.28 Å². The average molecular weight is 304 g/mol. The van der Waals surface area contributed by atoms with Gasteiger partial charge < -0.3 is 4.90 Å². The van der Waals surface area contributed by atoms with Gasteiger partial charge in [0, 0.05) is 24.3 Å². The highest BCUT2D eigenvalue weighted by Gasteiger charge is 2.12. The van der Waals surface area contributed by atoms with Gasteiger partial charge in [0.05, 0.1) is 0 Å². The molecule has 0 aliphatic heterocycles. The molecule has 1 heterocycles. The van der Waals surface area contributed by atoms with Crippen molar-refractivity contribution in [2.45, 2.75) is 40.5 Å². The van der Waals surface area contributed by atoms with Crippen LogP contribution in [0.5, 0.6) is 0 Å². The van der Waals surface area contributed by atoms with Crippen molar-refractivity contribution >= 4 is 23.2 Å². The van der Waals surface area contributed by atoms with Gasteiger partial charge in [-0.2, -0.15) is 0 Å². The molecule has 0 aromatic carbocycles. The van der Waals surface area contributed by atoms with Crippen LogP contribution in [0.4, 0.5) is 0 Å². The molecule has 1 unspecified atom stereocenters. The summed E-state index contributed by atoms with van der Waals surface area (Å²) in [6, 6.07) is 0. The number of halogens is 2. The minimum atomic E-state index is 0.221. The van der Waals surface area contributed by atoms with E-state index in [9.17, 15) is 0 Å². The predicted octanol–water partition coefficient (Wildman–Crippen LogP) is 4.00. The predicted molar refractivity (Wildman–Crippen MR) is 82.1 cm³/mol. The number of aromatic nitrogens is 2. The maximum Gasteiger partial charge on any atom is 0.224 e. The van der Waals surface area contributed by atoms with Crippen LogP contribution in [0.1, 0.15) is 38.4 Å². The zero-order valence-electron chi connectivity index (χ0n) is 12.2. The van der Waals surface area contributed by atoms with E-state index in [-0.39, 0.29) is 5.28 Å². The van der Waals surface area contributed by atoms with Gasteiger partial charge in [-0.1, -0.05) is 38.8 Å². The van der Waals surface area contributed by atoms with Gasteiger partial charge in [-0.3, -0.25) is 0 Å². The summed E-state index contributed by atoms with van der Waals surface area (Å²) in [5, 5.41) is 0.704. The van der Waals surface area contributed by atoms with Gasteiger partial charge in [-0.25, -0.2) is 9.97 Å². The van der Waals surface area contributed by atoms with Gasteiger partial charge in [-0.05, 0) is 37.4 Å². The van der Waals surface area contributed by atoms with Crippen molar-refractivity contribution in [3.63, 3.8) is 0 Å². The topological polar surface area (TPSA) is 29.0 Å². The SMILES string of the molecule is CCC(C)CN(CC)CCc1c(C)nc(Cl)nc1Cl. The summed E-state index contributed by atoms with van der Waals surface area (Å²) in [6.07, 6.45) is 2.08. The third-order valence-corrected chi connectivity index (χ3v) is 4.01. The zero-order valence-corrected chi connectivity index (χ0v) is 13.7. The Morgan fingerprint density at radius 2 is 1.89 bits per heavy atom. The molecule has 0 saturated heterocycles. The Bertz CT molecular complexity index is 387. The second kappa shape index (κ2) is 8.03. The number of hydrogen-bond donors (Lipinski definition) is 0. The van der Waals surface area contributed by atoms with E-state index in [1.165, 1.54) is 6.42 Å². The van der Waals surface area contributed by atoms with Crippen LogP contribution in [0.3, 0.4) is 0 Å². The monoisotopic (exact) mass is 303 g/mol. The molecule has 5 heteroatoms. The molecule has 0 bridgehead atoms. The quantitative estimate of drug-likeness (QED) is 0.563. The van der Waals surface area contributed by atoms with Crippen LogP contribution < -0.4 is 0 Å². The number of aryl methyl sites for hydroxylation is 1. The molecule has 0 amide bonds. The second-order valence-corrected chi connectivity index (χ2v) is 5.70. The molecule has 1 aromatic heterocycles. The second-order valence-electron chi connectivity index (χ2n) is 5.00.